The van der Waals surface area contributed by atoms with Crippen LogP contribution >= 0.6 is 0 Å². The van der Waals surface area contributed by atoms with Crippen molar-refractivity contribution in [2.24, 2.45) is 29.1 Å². The van der Waals surface area contributed by atoms with Gasteiger partial charge in [-0.1, -0.05) is 32.4 Å². The number of rotatable bonds is 2. The van der Waals surface area contributed by atoms with E-state index in [1.165, 1.54) is 12.0 Å². The molecule has 3 aliphatic carbocycles. The molecule has 2 nitrogen and oxygen atoms in total. The highest BCUT2D eigenvalue weighted by Crippen LogP contribution is 2.55. The minimum absolute atomic E-state index is 0.0343. The third-order valence-electron chi connectivity index (χ3n) is 7.19. The third-order valence-corrected chi connectivity index (χ3v) is 7.19. The molecule has 2 heteroatoms. The maximum atomic E-state index is 12.3. The van der Waals surface area contributed by atoms with Gasteiger partial charge in [-0.15, -0.1) is 0 Å². The monoisotopic (exact) mass is 304 g/mol. The molecule has 3 fully saturated rings. The second-order valence-corrected chi connectivity index (χ2v) is 8.52. The number of fused-ring (bicyclic) bond motifs is 1. The van der Waals surface area contributed by atoms with Gasteiger partial charge in [0.15, 0.2) is 0 Å². The van der Waals surface area contributed by atoms with E-state index in [9.17, 15) is 9.90 Å². The van der Waals surface area contributed by atoms with Crippen LogP contribution in [0.1, 0.15) is 72.1 Å². The number of carbonyl (C=O) groups excluding carboxylic acids is 1. The van der Waals surface area contributed by atoms with Gasteiger partial charge < -0.3 is 5.11 Å². The lowest BCUT2D eigenvalue weighted by atomic mass is 9.59. The van der Waals surface area contributed by atoms with Crippen molar-refractivity contribution in [3.05, 3.63) is 11.6 Å². The van der Waals surface area contributed by atoms with Gasteiger partial charge in [0.25, 0.3) is 0 Å². The predicted molar refractivity (Wildman–Crippen MR) is 89.4 cm³/mol. The Labute approximate surface area is 135 Å². The van der Waals surface area contributed by atoms with E-state index in [4.69, 9.17) is 0 Å². The van der Waals surface area contributed by atoms with Crippen LogP contribution in [-0.2, 0) is 4.79 Å². The van der Waals surface area contributed by atoms with Crippen LogP contribution in [0.3, 0.4) is 0 Å². The summed E-state index contributed by atoms with van der Waals surface area (Å²) < 4.78 is 0. The van der Waals surface area contributed by atoms with E-state index in [1.54, 1.807) is 0 Å². The van der Waals surface area contributed by atoms with E-state index in [-0.39, 0.29) is 11.5 Å². The SMILES string of the molecule is CC1CC[C@]2(C)C(=O)CCC2C1C/C=C1/C[C@@H](O)CC[C@H]1C. The average Bonchev–Trinajstić information content (AvgIpc) is 2.78. The summed E-state index contributed by atoms with van der Waals surface area (Å²) in [6.07, 6.45) is 10.5. The zero-order valence-corrected chi connectivity index (χ0v) is 14.5. The fraction of sp³-hybridized carbons (Fsp3) is 0.850. The summed E-state index contributed by atoms with van der Waals surface area (Å²) in [5.74, 6) is 3.11. The topological polar surface area (TPSA) is 37.3 Å². The molecule has 0 spiro atoms. The number of aliphatic hydroxyl groups is 1. The highest BCUT2D eigenvalue weighted by Gasteiger charge is 2.52. The molecule has 0 aromatic rings. The molecule has 0 aromatic carbocycles. The Hall–Kier alpha value is -0.630. The summed E-state index contributed by atoms with van der Waals surface area (Å²) in [6.45, 7) is 6.90. The molecule has 6 atom stereocenters. The first-order valence-electron chi connectivity index (χ1n) is 9.32. The largest absolute Gasteiger partial charge is 0.393 e. The van der Waals surface area contributed by atoms with E-state index in [1.807, 2.05) is 0 Å². The molecule has 0 amide bonds. The zero-order valence-electron chi connectivity index (χ0n) is 14.5. The van der Waals surface area contributed by atoms with Crippen molar-refractivity contribution < 1.29 is 9.90 Å². The molecule has 3 unspecified atom stereocenters. The smallest absolute Gasteiger partial charge is 0.139 e. The van der Waals surface area contributed by atoms with Crippen LogP contribution in [0.4, 0.5) is 0 Å². The first kappa shape index (κ1) is 16.2. The minimum Gasteiger partial charge on any atom is -0.393 e. The van der Waals surface area contributed by atoms with Gasteiger partial charge in [-0.05, 0) is 68.6 Å². The molecular formula is C20H32O2. The summed E-state index contributed by atoms with van der Waals surface area (Å²) in [7, 11) is 0. The van der Waals surface area contributed by atoms with Gasteiger partial charge in [0.05, 0.1) is 6.10 Å². The van der Waals surface area contributed by atoms with Crippen LogP contribution < -0.4 is 0 Å². The van der Waals surface area contributed by atoms with Gasteiger partial charge in [-0.25, -0.2) is 0 Å². The molecule has 0 heterocycles. The molecule has 124 valence electrons. The number of Topliss-reactive ketones (excluding diaryl/α,β-unsaturated/α-hetero) is 1. The maximum Gasteiger partial charge on any atom is 0.139 e. The lowest BCUT2D eigenvalue weighted by Gasteiger charge is -2.44. The number of ketones is 1. The molecule has 0 radical (unpaired) electrons. The summed E-state index contributed by atoms with van der Waals surface area (Å²) in [4.78, 5) is 12.3. The molecule has 3 rings (SSSR count). The summed E-state index contributed by atoms with van der Waals surface area (Å²) >= 11 is 0. The maximum absolute atomic E-state index is 12.3. The summed E-state index contributed by atoms with van der Waals surface area (Å²) in [5.41, 5.74) is 1.43. The van der Waals surface area contributed by atoms with Crippen LogP contribution in [0.2, 0.25) is 0 Å². The van der Waals surface area contributed by atoms with Crippen molar-refractivity contribution in [2.75, 3.05) is 0 Å². The molecule has 3 saturated carbocycles. The van der Waals surface area contributed by atoms with Gasteiger partial charge in [0.2, 0.25) is 0 Å². The normalized spacial score (nSPS) is 47.7. The van der Waals surface area contributed by atoms with E-state index in [0.29, 0.717) is 23.5 Å². The van der Waals surface area contributed by atoms with Crippen molar-refractivity contribution in [1.29, 1.82) is 0 Å². The number of carbonyl (C=O) groups is 1. The first-order chi connectivity index (χ1) is 10.4. The minimum atomic E-state index is -0.135. The summed E-state index contributed by atoms with van der Waals surface area (Å²) in [5, 5.41) is 9.93. The highest BCUT2D eigenvalue weighted by molar-refractivity contribution is 5.87. The Bertz CT molecular complexity index is 466. The zero-order chi connectivity index (χ0) is 15.9. The molecule has 22 heavy (non-hydrogen) atoms. The van der Waals surface area contributed by atoms with E-state index in [0.717, 1.165) is 50.9 Å². The molecule has 1 N–H and O–H groups in total. The van der Waals surface area contributed by atoms with Crippen molar-refractivity contribution in [1.82, 2.24) is 0 Å². The fourth-order valence-electron chi connectivity index (χ4n) is 5.42. The van der Waals surface area contributed by atoms with Gasteiger partial charge in [-0.3, -0.25) is 4.79 Å². The molecule has 0 saturated heterocycles. The average molecular weight is 304 g/mol. The van der Waals surface area contributed by atoms with Crippen LogP contribution in [0.15, 0.2) is 11.6 Å². The van der Waals surface area contributed by atoms with Crippen LogP contribution in [0, 0.1) is 29.1 Å². The standard InChI is InChI=1S/C20H32O2/c1-13-4-6-16(21)12-15(13)5-7-17-14(2)10-11-20(3)18(17)8-9-19(20)22/h5,13-14,16-18,21H,4,6-12H2,1-3H3/b15-5-/t13-,14?,16+,17?,18?,20+/m1/s1. The number of aliphatic hydroxyl groups excluding tert-OH is 1. The first-order valence-corrected chi connectivity index (χ1v) is 9.32. The van der Waals surface area contributed by atoms with E-state index < -0.39 is 0 Å². The van der Waals surface area contributed by atoms with Crippen LogP contribution in [-0.4, -0.2) is 17.0 Å². The lowest BCUT2D eigenvalue weighted by molar-refractivity contribution is -0.129. The van der Waals surface area contributed by atoms with Gasteiger partial charge in [-0.2, -0.15) is 0 Å². The van der Waals surface area contributed by atoms with Crippen LogP contribution in [0.25, 0.3) is 0 Å². The molecular weight excluding hydrogens is 272 g/mol. The third kappa shape index (κ3) is 2.79. The van der Waals surface area contributed by atoms with Crippen molar-refractivity contribution in [3.8, 4) is 0 Å². The molecule has 0 aliphatic heterocycles. The second-order valence-electron chi connectivity index (χ2n) is 8.52. The van der Waals surface area contributed by atoms with Crippen molar-refractivity contribution in [2.45, 2.75) is 78.2 Å². The van der Waals surface area contributed by atoms with Crippen molar-refractivity contribution in [3.63, 3.8) is 0 Å². The Morgan fingerprint density at radius 1 is 1.23 bits per heavy atom. The lowest BCUT2D eigenvalue weighted by Crippen LogP contribution is -2.40. The predicted octanol–water partition coefficient (Wildman–Crippen LogP) is 4.52. The van der Waals surface area contributed by atoms with Gasteiger partial charge in [0.1, 0.15) is 5.78 Å². The summed E-state index contributed by atoms with van der Waals surface area (Å²) in [6, 6.07) is 0. The number of allylic oxidation sites excluding steroid dienone is 1. The molecule has 0 bridgehead atoms. The molecule has 0 aromatic heterocycles. The number of hydrogen-bond donors (Lipinski definition) is 1. The Morgan fingerprint density at radius 2 is 2.00 bits per heavy atom. The van der Waals surface area contributed by atoms with E-state index >= 15 is 0 Å². The molecule has 3 aliphatic rings. The van der Waals surface area contributed by atoms with Gasteiger partial charge >= 0.3 is 0 Å². The highest BCUT2D eigenvalue weighted by atomic mass is 16.3. The Morgan fingerprint density at radius 3 is 2.77 bits per heavy atom. The second kappa shape index (κ2) is 6.11. The van der Waals surface area contributed by atoms with Gasteiger partial charge in [0, 0.05) is 11.8 Å². The Balaban J connectivity index is 1.74. The van der Waals surface area contributed by atoms with E-state index in [2.05, 4.69) is 26.8 Å². The van der Waals surface area contributed by atoms with Crippen molar-refractivity contribution >= 4 is 5.78 Å². The number of hydrogen-bond acceptors (Lipinski definition) is 2. The van der Waals surface area contributed by atoms with Crippen LogP contribution in [0.5, 0.6) is 0 Å². The Kier molecular flexibility index (Phi) is 4.51. The quantitative estimate of drug-likeness (QED) is 0.762. The fourth-order valence-corrected chi connectivity index (χ4v) is 5.42.